The maximum atomic E-state index is 12.2. The smallest absolute Gasteiger partial charge is 0.242 e. The summed E-state index contributed by atoms with van der Waals surface area (Å²) in [7, 11) is -0.448. The van der Waals surface area contributed by atoms with Crippen LogP contribution in [0.3, 0.4) is 0 Å². The van der Waals surface area contributed by atoms with Crippen LogP contribution < -0.4 is 10.6 Å². The van der Waals surface area contributed by atoms with Crippen molar-refractivity contribution in [3.63, 3.8) is 0 Å². The molecule has 1 saturated heterocycles. The minimum atomic E-state index is -3.47. The highest BCUT2D eigenvalue weighted by molar-refractivity contribution is 7.89. The first-order valence-electron chi connectivity index (χ1n) is 7.50. The summed E-state index contributed by atoms with van der Waals surface area (Å²) in [6.07, 6.45) is 2.30. The Morgan fingerprint density at radius 2 is 2.17 bits per heavy atom. The summed E-state index contributed by atoms with van der Waals surface area (Å²) in [5.41, 5.74) is 1.60. The number of thiocarbonyl (C=S) groups is 1. The van der Waals surface area contributed by atoms with E-state index in [0.717, 1.165) is 25.0 Å². The topological polar surface area (TPSA) is 70.7 Å². The van der Waals surface area contributed by atoms with Gasteiger partial charge in [-0.15, -0.1) is 0 Å². The summed E-state index contributed by atoms with van der Waals surface area (Å²) < 4.78 is 31.2. The van der Waals surface area contributed by atoms with Crippen molar-refractivity contribution in [3.05, 3.63) is 23.8 Å². The number of nitrogens with zero attached hydrogens (tertiary/aromatic N) is 1. The van der Waals surface area contributed by atoms with Crippen LogP contribution in [0.1, 0.15) is 18.4 Å². The Hall–Kier alpha value is -1.22. The molecule has 128 valence electrons. The van der Waals surface area contributed by atoms with Crippen molar-refractivity contribution in [2.75, 3.05) is 32.6 Å². The summed E-state index contributed by atoms with van der Waals surface area (Å²) in [6, 6.07) is 4.96. The van der Waals surface area contributed by atoms with Crippen molar-refractivity contribution in [1.29, 1.82) is 0 Å². The molecule has 0 spiro atoms. The van der Waals surface area contributed by atoms with Gasteiger partial charge in [-0.2, -0.15) is 0 Å². The van der Waals surface area contributed by atoms with Crippen LogP contribution in [0.15, 0.2) is 23.1 Å². The summed E-state index contributed by atoms with van der Waals surface area (Å²) in [5.74, 6) is 0. The molecular formula is C15H23N3O3S2. The lowest BCUT2D eigenvalue weighted by Crippen LogP contribution is -2.35. The fraction of sp³-hybridized carbons (Fsp3) is 0.533. The molecule has 1 atom stereocenters. The average Bonchev–Trinajstić information content (AvgIpc) is 3.00. The largest absolute Gasteiger partial charge is 0.376 e. The van der Waals surface area contributed by atoms with Gasteiger partial charge >= 0.3 is 0 Å². The highest BCUT2D eigenvalue weighted by atomic mass is 32.2. The molecule has 1 aromatic rings. The molecule has 0 bridgehead atoms. The molecule has 8 heteroatoms. The molecule has 23 heavy (non-hydrogen) atoms. The van der Waals surface area contributed by atoms with Crippen molar-refractivity contribution < 1.29 is 13.2 Å². The molecule has 1 fully saturated rings. The van der Waals surface area contributed by atoms with E-state index in [2.05, 4.69) is 10.6 Å². The molecule has 0 saturated carbocycles. The van der Waals surface area contributed by atoms with Crippen molar-refractivity contribution in [2.24, 2.45) is 0 Å². The van der Waals surface area contributed by atoms with Crippen LogP contribution >= 0.6 is 12.2 Å². The van der Waals surface area contributed by atoms with Crippen LogP contribution in [0.2, 0.25) is 0 Å². The van der Waals surface area contributed by atoms with Crippen molar-refractivity contribution in [1.82, 2.24) is 9.62 Å². The van der Waals surface area contributed by atoms with Crippen molar-refractivity contribution in [2.45, 2.75) is 30.8 Å². The van der Waals surface area contributed by atoms with Crippen molar-refractivity contribution in [3.8, 4) is 0 Å². The second-order valence-corrected chi connectivity index (χ2v) is 8.29. The van der Waals surface area contributed by atoms with E-state index in [4.69, 9.17) is 17.0 Å². The van der Waals surface area contributed by atoms with E-state index in [1.807, 2.05) is 6.92 Å². The highest BCUT2D eigenvalue weighted by Crippen LogP contribution is 2.22. The Kier molecular flexibility index (Phi) is 5.96. The number of nitrogens with one attached hydrogen (secondary N) is 2. The summed E-state index contributed by atoms with van der Waals surface area (Å²) >= 11 is 5.28. The van der Waals surface area contributed by atoms with Gasteiger partial charge in [0, 0.05) is 32.9 Å². The first kappa shape index (κ1) is 18.1. The number of ether oxygens (including phenoxy) is 1. The van der Waals surface area contributed by atoms with Crippen LogP contribution in [-0.4, -0.2) is 51.2 Å². The molecule has 1 aliphatic rings. The van der Waals surface area contributed by atoms with Gasteiger partial charge in [0.25, 0.3) is 0 Å². The monoisotopic (exact) mass is 357 g/mol. The molecule has 1 aliphatic heterocycles. The maximum Gasteiger partial charge on any atom is 0.242 e. The Balaban J connectivity index is 2.05. The average molecular weight is 358 g/mol. The quantitative estimate of drug-likeness (QED) is 0.782. The zero-order valence-electron chi connectivity index (χ0n) is 13.6. The van der Waals surface area contributed by atoms with Crippen LogP contribution in [-0.2, 0) is 14.8 Å². The number of hydrogen-bond acceptors (Lipinski definition) is 4. The van der Waals surface area contributed by atoms with Gasteiger partial charge in [0.2, 0.25) is 10.0 Å². The van der Waals surface area contributed by atoms with Crippen LogP contribution in [0.4, 0.5) is 5.69 Å². The van der Waals surface area contributed by atoms with E-state index in [0.29, 0.717) is 17.3 Å². The third kappa shape index (κ3) is 4.63. The Bertz CT molecular complexity index is 669. The Morgan fingerprint density at radius 1 is 1.43 bits per heavy atom. The zero-order chi connectivity index (χ0) is 17.0. The van der Waals surface area contributed by atoms with Gasteiger partial charge in [0.1, 0.15) is 0 Å². The van der Waals surface area contributed by atoms with E-state index in [1.165, 1.54) is 18.4 Å². The van der Waals surface area contributed by atoms with Gasteiger partial charge in [0.05, 0.1) is 11.0 Å². The fourth-order valence-electron chi connectivity index (χ4n) is 2.29. The summed E-state index contributed by atoms with van der Waals surface area (Å²) in [6.45, 7) is 3.35. The highest BCUT2D eigenvalue weighted by Gasteiger charge is 2.19. The van der Waals surface area contributed by atoms with E-state index >= 15 is 0 Å². The number of rotatable bonds is 5. The van der Waals surface area contributed by atoms with E-state index in [-0.39, 0.29) is 11.0 Å². The Morgan fingerprint density at radius 3 is 2.78 bits per heavy atom. The molecule has 0 amide bonds. The lowest BCUT2D eigenvalue weighted by atomic mass is 10.2. The van der Waals surface area contributed by atoms with Crippen molar-refractivity contribution >= 4 is 33.0 Å². The molecule has 0 aromatic heterocycles. The van der Waals surface area contributed by atoms with Gasteiger partial charge in [-0.25, -0.2) is 12.7 Å². The van der Waals surface area contributed by atoms with E-state index in [1.54, 1.807) is 18.2 Å². The summed E-state index contributed by atoms with van der Waals surface area (Å²) in [5, 5.41) is 6.65. The first-order chi connectivity index (χ1) is 10.8. The molecule has 0 aliphatic carbocycles. The number of anilines is 1. The van der Waals surface area contributed by atoms with Crippen LogP contribution in [0.25, 0.3) is 0 Å². The molecule has 1 unspecified atom stereocenters. The lowest BCUT2D eigenvalue weighted by Gasteiger charge is -2.17. The standard InChI is InChI=1S/C15H23N3O3S2/c1-11-6-7-13(23(19,20)18(2)3)9-14(11)17-15(22)16-10-12-5-4-8-21-12/h6-7,9,12H,4-5,8,10H2,1-3H3,(H2,16,17,22). The zero-order valence-corrected chi connectivity index (χ0v) is 15.3. The minimum absolute atomic E-state index is 0.191. The third-order valence-corrected chi connectivity index (χ3v) is 5.81. The maximum absolute atomic E-state index is 12.2. The Labute approximate surface area is 143 Å². The number of hydrogen-bond donors (Lipinski definition) is 2. The van der Waals surface area contributed by atoms with Gasteiger partial charge in [-0.05, 0) is 49.7 Å². The molecule has 6 nitrogen and oxygen atoms in total. The number of benzene rings is 1. The van der Waals surface area contributed by atoms with E-state index in [9.17, 15) is 8.42 Å². The van der Waals surface area contributed by atoms with Gasteiger partial charge in [-0.3, -0.25) is 0 Å². The van der Waals surface area contributed by atoms with E-state index < -0.39 is 10.0 Å². The lowest BCUT2D eigenvalue weighted by molar-refractivity contribution is 0.114. The third-order valence-electron chi connectivity index (χ3n) is 3.75. The van der Waals surface area contributed by atoms with Gasteiger partial charge in [0.15, 0.2) is 5.11 Å². The summed E-state index contributed by atoms with van der Waals surface area (Å²) in [4.78, 5) is 0.234. The molecule has 2 rings (SSSR count). The molecule has 1 heterocycles. The molecule has 1 aromatic carbocycles. The molecule has 2 N–H and O–H groups in total. The van der Waals surface area contributed by atoms with Crippen LogP contribution in [0, 0.1) is 6.92 Å². The number of sulfonamides is 1. The number of aryl methyl sites for hydroxylation is 1. The normalized spacial score (nSPS) is 18.2. The predicted octanol–water partition coefficient (Wildman–Crippen LogP) is 1.71. The molecular weight excluding hydrogens is 334 g/mol. The first-order valence-corrected chi connectivity index (χ1v) is 9.35. The van der Waals surface area contributed by atoms with Gasteiger partial charge < -0.3 is 15.4 Å². The second kappa shape index (κ2) is 7.57. The van der Waals surface area contributed by atoms with Gasteiger partial charge in [-0.1, -0.05) is 6.07 Å². The minimum Gasteiger partial charge on any atom is -0.376 e. The SMILES string of the molecule is Cc1ccc(S(=O)(=O)N(C)C)cc1NC(=S)NCC1CCCO1. The fourth-order valence-corrected chi connectivity index (χ4v) is 3.41. The predicted molar refractivity (Wildman–Crippen MR) is 95.2 cm³/mol. The second-order valence-electron chi connectivity index (χ2n) is 5.73. The van der Waals surface area contributed by atoms with Crippen LogP contribution in [0.5, 0.6) is 0 Å². The molecule has 0 radical (unpaired) electrons.